The SMILES string of the molecule is N=C/C=C(\NCCC(F)(F)F)c1ncccc1COc1cccc(O)c1C=O. The van der Waals surface area contributed by atoms with E-state index in [1.54, 1.807) is 12.1 Å². The second-order valence-corrected chi connectivity index (χ2v) is 5.65. The number of aromatic nitrogens is 1. The van der Waals surface area contributed by atoms with Crippen molar-refractivity contribution >= 4 is 18.2 Å². The Morgan fingerprint density at radius 3 is 2.75 bits per heavy atom. The summed E-state index contributed by atoms with van der Waals surface area (Å²) in [6, 6.07) is 7.66. The van der Waals surface area contributed by atoms with Gasteiger partial charge in [0.05, 0.1) is 23.4 Å². The number of allylic oxidation sites excluding steroid dienone is 1. The Morgan fingerprint density at radius 1 is 1.29 bits per heavy atom. The summed E-state index contributed by atoms with van der Waals surface area (Å²) < 4.78 is 42.8. The quantitative estimate of drug-likeness (QED) is 0.446. The molecule has 0 bridgehead atoms. The molecule has 0 aliphatic heterocycles. The molecule has 2 rings (SSSR count). The van der Waals surface area contributed by atoms with Gasteiger partial charge in [-0.2, -0.15) is 13.2 Å². The van der Waals surface area contributed by atoms with Gasteiger partial charge in [-0.05, 0) is 24.3 Å². The Morgan fingerprint density at radius 2 is 2.07 bits per heavy atom. The van der Waals surface area contributed by atoms with Crippen LogP contribution in [-0.4, -0.2) is 35.3 Å². The van der Waals surface area contributed by atoms with Crippen molar-refractivity contribution in [1.82, 2.24) is 10.3 Å². The summed E-state index contributed by atoms with van der Waals surface area (Å²) in [7, 11) is 0. The van der Waals surface area contributed by atoms with E-state index in [2.05, 4.69) is 10.3 Å². The van der Waals surface area contributed by atoms with Gasteiger partial charge in [0.2, 0.25) is 0 Å². The number of phenols is 1. The lowest BCUT2D eigenvalue weighted by Crippen LogP contribution is -2.22. The number of benzene rings is 1. The Labute approximate surface area is 159 Å². The van der Waals surface area contributed by atoms with Crippen LogP contribution in [0.25, 0.3) is 5.70 Å². The van der Waals surface area contributed by atoms with Crippen molar-refractivity contribution in [2.75, 3.05) is 6.54 Å². The first-order chi connectivity index (χ1) is 13.4. The molecule has 0 fully saturated rings. The van der Waals surface area contributed by atoms with E-state index >= 15 is 0 Å². The van der Waals surface area contributed by atoms with Gasteiger partial charge in [0, 0.05) is 24.5 Å². The predicted molar refractivity (Wildman–Crippen MR) is 97.5 cm³/mol. The average molecular weight is 393 g/mol. The summed E-state index contributed by atoms with van der Waals surface area (Å²) in [5, 5.41) is 19.6. The van der Waals surface area contributed by atoms with E-state index in [9.17, 15) is 23.1 Å². The van der Waals surface area contributed by atoms with Gasteiger partial charge in [-0.1, -0.05) is 12.1 Å². The molecule has 2 aromatic rings. The van der Waals surface area contributed by atoms with E-state index in [1.165, 1.54) is 30.5 Å². The van der Waals surface area contributed by atoms with Gasteiger partial charge < -0.3 is 20.6 Å². The molecule has 6 nitrogen and oxygen atoms in total. The van der Waals surface area contributed by atoms with Crippen molar-refractivity contribution in [1.29, 1.82) is 5.41 Å². The first-order valence-corrected chi connectivity index (χ1v) is 8.21. The smallest absolute Gasteiger partial charge is 0.390 e. The summed E-state index contributed by atoms with van der Waals surface area (Å²) in [4.78, 5) is 15.3. The molecule has 28 heavy (non-hydrogen) atoms. The zero-order chi connectivity index (χ0) is 20.6. The third-order valence-electron chi connectivity index (χ3n) is 3.66. The average Bonchev–Trinajstić information content (AvgIpc) is 2.65. The van der Waals surface area contributed by atoms with Crippen LogP contribution in [0.4, 0.5) is 13.2 Å². The monoisotopic (exact) mass is 393 g/mol. The Bertz CT molecular complexity index is 867. The first-order valence-electron chi connectivity index (χ1n) is 8.21. The number of nitrogens with zero attached hydrogens (tertiary/aromatic N) is 1. The highest BCUT2D eigenvalue weighted by Crippen LogP contribution is 2.27. The van der Waals surface area contributed by atoms with Crippen LogP contribution in [0.15, 0.2) is 42.6 Å². The van der Waals surface area contributed by atoms with E-state index in [0.29, 0.717) is 17.5 Å². The minimum absolute atomic E-state index is 0.00787. The second kappa shape index (κ2) is 9.54. The molecule has 148 valence electrons. The number of carbonyl (C=O) groups excluding carboxylic acids is 1. The van der Waals surface area contributed by atoms with E-state index in [0.717, 1.165) is 6.21 Å². The molecule has 1 heterocycles. The van der Waals surface area contributed by atoms with E-state index < -0.39 is 12.6 Å². The number of ether oxygens (including phenoxy) is 1. The van der Waals surface area contributed by atoms with Gasteiger partial charge in [-0.15, -0.1) is 0 Å². The number of halogens is 3. The number of hydrogen-bond donors (Lipinski definition) is 3. The van der Waals surface area contributed by atoms with E-state index in [1.807, 2.05) is 0 Å². The lowest BCUT2D eigenvalue weighted by atomic mass is 10.1. The fourth-order valence-corrected chi connectivity index (χ4v) is 2.37. The summed E-state index contributed by atoms with van der Waals surface area (Å²) in [5.41, 5.74) is 1.08. The summed E-state index contributed by atoms with van der Waals surface area (Å²) in [6.07, 6.45) is -1.17. The third kappa shape index (κ3) is 5.83. The van der Waals surface area contributed by atoms with Crippen LogP contribution in [0.2, 0.25) is 0 Å². The maximum Gasteiger partial charge on any atom is 0.390 e. The molecule has 0 amide bonds. The fourth-order valence-electron chi connectivity index (χ4n) is 2.37. The molecule has 0 radical (unpaired) electrons. The van der Waals surface area contributed by atoms with Crippen molar-refractivity contribution in [2.45, 2.75) is 19.2 Å². The molecule has 1 aromatic carbocycles. The lowest BCUT2D eigenvalue weighted by Gasteiger charge is -2.16. The normalized spacial score (nSPS) is 11.8. The van der Waals surface area contributed by atoms with Crippen LogP contribution in [0.5, 0.6) is 11.5 Å². The van der Waals surface area contributed by atoms with Crippen molar-refractivity contribution in [3.63, 3.8) is 0 Å². The molecule has 0 saturated heterocycles. The minimum Gasteiger partial charge on any atom is -0.507 e. The Kier molecular flexibility index (Phi) is 7.14. The van der Waals surface area contributed by atoms with Crippen LogP contribution in [0.1, 0.15) is 28.0 Å². The zero-order valence-electron chi connectivity index (χ0n) is 14.7. The number of nitrogens with one attached hydrogen (secondary N) is 2. The maximum atomic E-state index is 12.4. The van der Waals surface area contributed by atoms with Crippen LogP contribution < -0.4 is 10.1 Å². The number of aromatic hydroxyl groups is 1. The highest BCUT2D eigenvalue weighted by atomic mass is 19.4. The molecule has 0 aliphatic carbocycles. The van der Waals surface area contributed by atoms with Crippen LogP contribution in [0, 0.1) is 5.41 Å². The first kappa shape index (κ1) is 20.9. The van der Waals surface area contributed by atoms with Gasteiger partial charge in [-0.25, -0.2) is 0 Å². The fraction of sp³-hybridized carbons (Fsp3) is 0.211. The number of carbonyl (C=O) groups is 1. The Hall–Kier alpha value is -3.36. The zero-order valence-corrected chi connectivity index (χ0v) is 14.7. The number of rotatable bonds is 9. The molecule has 3 N–H and O–H groups in total. The standard InChI is InChI=1S/C19H18F3N3O3/c20-19(21,22)7-10-24-15(6-8-23)18-13(3-2-9-25-18)12-28-17-5-1-4-16(27)14(17)11-26/h1-6,8-9,11,23-24,27H,7,10,12H2/b15-6-,23-8?. The van der Waals surface area contributed by atoms with Gasteiger partial charge in [-0.3, -0.25) is 9.78 Å². The molecule has 0 unspecified atom stereocenters. The number of phenolic OH excluding ortho intramolecular Hbond substituents is 1. The third-order valence-corrected chi connectivity index (χ3v) is 3.66. The van der Waals surface area contributed by atoms with E-state index in [4.69, 9.17) is 10.1 Å². The van der Waals surface area contributed by atoms with Gasteiger partial charge in [0.15, 0.2) is 6.29 Å². The van der Waals surface area contributed by atoms with Crippen molar-refractivity contribution in [3.05, 3.63) is 59.4 Å². The predicted octanol–water partition coefficient (Wildman–Crippen LogP) is 3.71. The highest BCUT2D eigenvalue weighted by molar-refractivity contribution is 5.83. The molecule has 0 saturated carbocycles. The molecule has 0 spiro atoms. The van der Waals surface area contributed by atoms with Gasteiger partial charge in [0.25, 0.3) is 0 Å². The second-order valence-electron chi connectivity index (χ2n) is 5.65. The number of alkyl halides is 3. The van der Waals surface area contributed by atoms with Crippen molar-refractivity contribution in [2.24, 2.45) is 0 Å². The molecule has 0 atom stereocenters. The number of hydrogen-bond acceptors (Lipinski definition) is 6. The highest BCUT2D eigenvalue weighted by Gasteiger charge is 2.26. The lowest BCUT2D eigenvalue weighted by molar-refractivity contribution is -0.132. The Balaban J connectivity index is 2.21. The minimum atomic E-state index is -4.31. The topological polar surface area (TPSA) is 95.3 Å². The molecule has 9 heteroatoms. The summed E-state index contributed by atoms with van der Waals surface area (Å²) in [6.45, 7) is -0.425. The van der Waals surface area contributed by atoms with Crippen LogP contribution >= 0.6 is 0 Å². The summed E-state index contributed by atoms with van der Waals surface area (Å²) in [5.74, 6) is -0.0652. The van der Waals surface area contributed by atoms with E-state index in [-0.39, 0.29) is 35.9 Å². The van der Waals surface area contributed by atoms with Crippen LogP contribution in [-0.2, 0) is 6.61 Å². The maximum absolute atomic E-state index is 12.4. The van der Waals surface area contributed by atoms with Gasteiger partial charge >= 0.3 is 6.18 Å². The molecule has 0 aliphatic rings. The number of pyridine rings is 1. The molecule has 1 aromatic heterocycles. The van der Waals surface area contributed by atoms with Crippen LogP contribution in [0.3, 0.4) is 0 Å². The summed E-state index contributed by atoms with van der Waals surface area (Å²) >= 11 is 0. The molecular weight excluding hydrogens is 375 g/mol. The van der Waals surface area contributed by atoms with Crippen molar-refractivity contribution in [3.8, 4) is 11.5 Å². The number of aldehydes is 1. The van der Waals surface area contributed by atoms with Gasteiger partial charge in [0.1, 0.15) is 18.1 Å². The molecular formula is C19H18F3N3O3. The largest absolute Gasteiger partial charge is 0.507 e. The van der Waals surface area contributed by atoms with Crippen molar-refractivity contribution < 1.29 is 27.8 Å².